The molecule has 5 heteroatoms. The maximum absolute atomic E-state index is 14.0. The first-order valence-corrected chi connectivity index (χ1v) is 7.72. The zero-order chi connectivity index (χ0) is 15.7. The van der Waals surface area contributed by atoms with Crippen molar-refractivity contribution >= 4 is 33.5 Å². The molecule has 22 heavy (non-hydrogen) atoms. The number of benzene rings is 2. The van der Waals surface area contributed by atoms with Crippen molar-refractivity contribution in [3.63, 3.8) is 0 Å². The fourth-order valence-electron chi connectivity index (χ4n) is 2.17. The number of fused-ring (bicyclic) bond motifs is 1. The highest BCUT2D eigenvalue weighted by Crippen LogP contribution is 2.34. The molecule has 0 bridgehead atoms. The maximum atomic E-state index is 14.0. The van der Waals surface area contributed by atoms with Crippen LogP contribution in [0.5, 0.6) is 17.2 Å². The molecule has 112 valence electrons. The Hall–Kier alpha value is -1.89. The Kier molecular flexibility index (Phi) is 4.15. The summed E-state index contributed by atoms with van der Waals surface area (Å²) in [4.78, 5) is 4.32. The summed E-state index contributed by atoms with van der Waals surface area (Å²) in [6.45, 7) is 1.83. The number of nitrogens with zero attached hydrogens (tertiary/aromatic N) is 1. The number of hydrogen-bond donors (Lipinski definition) is 0. The predicted molar refractivity (Wildman–Crippen MR) is 92.2 cm³/mol. The molecule has 0 aliphatic heterocycles. The topological polar surface area (TPSA) is 31.4 Å². The summed E-state index contributed by atoms with van der Waals surface area (Å²) >= 11 is 2.19. The largest absolute Gasteiger partial charge is 0.496 e. The first kappa shape index (κ1) is 15.0. The molecule has 0 saturated carbocycles. The van der Waals surface area contributed by atoms with Gasteiger partial charge in [0.25, 0.3) is 0 Å². The number of halogens is 2. The van der Waals surface area contributed by atoms with Gasteiger partial charge in [-0.05, 0) is 65.4 Å². The van der Waals surface area contributed by atoms with Gasteiger partial charge < -0.3 is 9.47 Å². The number of hydrogen-bond acceptors (Lipinski definition) is 3. The van der Waals surface area contributed by atoms with E-state index < -0.39 is 0 Å². The lowest BCUT2D eigenvalue weighted by Gasteiger charge is -2.11. The van der Waals surface area contributed by atoms with Gasteiger partial charge in [-0.2, -0.15) is 0 Å². The lowest BCUT2D eigenvalue weighted by atomic mass is 10.2. The van der Waals surface area contributed by atoms with Crippen LogP contribution >= 0.6 is 22.6 Å². The molecule has 0 spiro atoms. The summed E-state index contributed by atoms with van der Waals surface area (Å²) in [7, 11) is 1.61. The van der Waals surface area contributed by atoms with Gasteiger partial charge in [-0.15, -0.1) is 0 Å². The van der Waals surface area contributed by atoms with Crippen molar-refractivity contribution in [1.29, 1.82) is 0 Å². The quantitative estimate of drug-likeness (QED) is 0.565. The van der Waals surface area contributed by atoms with Crippen LogP contribution in [0.25, 0.3) is 10.9 Å². The average molecular weight is 409 g/mol. The van der Waals surface area contributed by atoms with E-state index in [0.29, 0.717) is 5.75 Å². The third-order valence-electron chi connectivity index (χ3n) is 3.28. The van der Waals surface area contributed by atoms with E-state index in [4.69, 9.17) is 9.47 Å². The lowest BCUT2D eigenvalue weighted by Crippen LogP contribution is -1.93. The molecule has 0 atom stereocenters. The number of aryl methyl sites for hydroxylation is 1. The van der Waals surface area contributed by atoms with Crippen LogP contribution in [0.4, 0.5) is 4.39 Å². The molecule has 2 aromatic carbocycles. The van der Waals surface area contributed by atoms with E-state index in [1.165, 1.54) is 6.07 Å². The predicted octanol–water partition coefficient (Wildman–Crippen LogP) is 5.09. The van der Waals surface area contributed by atoms with Gasteiger partial charge in [0.2, 0.25) is 0 Å². The van der Waals surface area contributed by atoms with Gasteiger partial charge in [0, 0.05) is 11.6 Å². The van der Waals surface area contributed by atoms with Gasteiger partial charge in [0.1, 0.15) is 11.5 Å². The summed E-state index contributed by atoms with van der Waals surface area (Å²) in [6, 6.07) is 10.4. The Bertz CT molecular complexity index is 851. The lowest BCUT2D eigenvalue weighted by molar-refractivity contribution is 0.412. The average Bonchev–Trinajstić information content (AvgIpc) is 2.49. The molecule has 1 heterocycles. The zero-order valence-corrected chi connectivity index (χ0v) is 14.2. The van der Waals surface area contributed by atoms with Crippen LogP contribution in [-0.2, 0) is 0 Å². The van der Waals surface area contributed by atoms with Crippen molar-refractivity contribution in [2.75, 3.05) is 7.11 Å². The number of pyridine rings is 1. The SMILES string of the molecule is COc1cc2c(Oc3ccc(C)cc3F)ccnc2cc1I. The van der Waals surface area contributed by atoms with Crippen LogP contribution in [0.3, 0.4) is 0 Å². The summed E-state index contributed by atoms with van der Waals surface area (Å²) < 4.78 is 26.0. The Morgan fingerprint density at radius 2 is 1.86 bits per heavy atom. The van der Waals surface area contributed by atoms with E-state index >= 15 is 0 Å². The molecule has 0 unspecified atom stereocenters. The van der Waals surface area contributed by atoms with Crippen LogP contribution < -0.4 is 9.47 Å². The second-order valence-electron chi connectivity index (χ2n) is 4.85. The van der Waals surface area contributed by atoms with Gasteiger partial charge in [-0.25, -0.2) is 4.39 Å². The Balaban J connectivity index is 2.10. The summed E-state index contributed by atoms with van der Waals surface area (Å²) in [5, 5.41) is 0.778. The third kappa shape index (κ3) is 2.85. The highest BCUT2D eigenvalue weighted by molar-refractivity contribution is 14.1. The molecule has 1 aromatic heterocycles. The smallest absolute Gasteiger partial charge is 0.165 e. The summed E-state index contributed by atoms with van der Waals surface area (Å²) in [5.74, 6) is 1.08. The molecule has 0 aliphatic carbocycles. The molecule has 0 aliphatic rings. The molecule has 0 fully saturated rings. The molecule has 0 amide bonds. The monoisotopic (exact) mass is 409 g/mol. The van der Waals surface area contributed by atoms with Gasteiger partial charge in [-0.3, -0.25) is 4.98 Å². The Morgan fingerprint density at radius 3 is 2.59 bits per heavy atom. The highest BCUT2D eigenvalue weighted by atomic mass is 127. The van der Waals surface area contributed by atoms with E-state index in [1.807, 2.05) is 25.1 Å². The molecular weight excluding hydrogens is 396 g/mol. The first-order chi connectivity index (χ1) is 10.6. The first-order valence-electron chi connectivity index (χ1n) is 6.65. The van der Waals surface area contributed by atoms with Crippen LogP contribution in [0.1, 0.15) is 5.56 Å². The molecular formula is C17H13FINO2. The highest BCUT2D eigenvalue weighted by Gasteiger charge is 2.11. The number of methoxy groups -OCH3 is 1. The van der Waals surface area contributed by atoms with Crippen LogP contribution in [-0.4, -0.2) is 12.1 Å². The van der Waals surface area contributed by atoms with Gasteiger partial charge >= 0.3 is 0 Å². The number of ether oxygens (including phenoxy) is 2. The standard InChI is InChI=1S/C17H13FINO2/c1-10-3-4-16(12(18)7-10)22-15-5-6-20-14-9-13(19)17(21-2)8-11(14)15/h3-9H,1-2H3. The molecule has 0 N–H and O–H groups in total. The molecule has 3 nitrogen and oxygen atoms in total. The molecule has 0 radical (unpaired) electrons. The van der Waals surface area contributed by atoms with Crippen LogP contribution in [0.2, 0.25) is 0 Å². The van der Waals surface area contributed by atoms with E-state index in [0.717, 1.165) is 25.8 Å². The van der Waals surface area contributed by atoms with Crippen molar-refractivity contribution in [2.24, 2.45) is 0 Å². The van der Waals surface area contributed by atoms with Gasteiger partial charge in [-0.1, -0.05) is 6.07 Å². The number of rotatable bonds is 3. The minimum absolute atomic E-state index is 0.190. The second-order valence-corrected chi connectivity index (χ2v) is 6.01. The molecule has 3 aromatic rings. The summed E-state index contributed by atoms with van der Waals surface area (Å²) in [5.41, 5.74) is 1.62. The van der Waals surface area contributed by atoms with Crippen molar-refractivity contribution in [3.8, 4) is 17.2 Å². The normalized spacial score (nSPS) is 10.7. The second kappa shape index (κ2) is 6.08. The van der Waals surface area contributed by atoms with Crippen molar-refractivity contribution < 1.29 is 13.9 Å². The number of aromatic nitrogens is 1. The van der Waals surface area contributed by atoms with Crippen molar-refractivity contribution in [2.45, 2.75) is 6.92 Å². The van der Waals surface area contributed by atoms with Crippen LogP contribution in [0, 0.1) is 16.3 Å². The minimum atomic E-state index is -0.387. The fraction of sp³-hybridized carbons (Fsp3) is 0.118. The van der Waals surface area contributed by atoms with Crippen LogP contribution in [0.15, 0.2) is 42.6 Å². The fourth-order valence-corrected chi connectivity index (χ4v) is 2.85. The van der Waals surface area contributed by atoms with Gasteiger partial charge in [0.05, 0.1) is 16.2 Å². The third-order valence-corrected chi connectivity index (χ3v) is 4.13. The van der Waals surface area contributed by atoms with Crippen molar-refractivity contribution in [1.82, 2.24) is 4.98 Å². The van der Waals surface area contributed by atoms with E-state index in [-0.39, 0.29) is 11.6 Å². The maximum Gasteiger partial charge on any atom is 0.165 e. The summed E-state index contributed by atoms with van der Waals surface area (Å²) in [6.07, 6.45) is 1.65. The minimum Gasteiger partial charge on any atom is -0.496 e. The zero-order valence-electron chi connectivity index (χ0n) is 12.1. The van der Waals surface area contributed by atoms with Gasteiger partial charge in [0.15, 0.2) is 11.6 Å². The molecule has 3 rings (SSSR count). The Labute approximate surface area is 141 Å². The van der Waals surface area contributed by atoms with E-state index in [2.05, 4.69) is 27.6 Å². The van der Waals surface area contributed by atoms with E-state index in [9.17, 15) is 4.39 Å². The molecule has 0 saturated heterocycles. The Morgan fingerprint density at radius 1 is 1.05 bits per heavy atom. The van der Waals surface area contributed by atoms with Crippen molar-refractivity contribution in [3.05, 3.63) is 57.5 Å². The van der Waals surface area contributed by atoms with E-state index in [1.54, 1.807) is 25.4 Å².